The van der Waals surface area contributed by atoms with Gasteiger partial charge in [0.15, 0.2) is 0 Å². The first kappa shape index (κ1) is 19.7. The molecule has 1 aliphatic heterocycles. The highest BCUT2D eigenvalue weighted by Crippen LogP contribution is 2.24. The van der Waals surface area contributed by atoms with Gasteiger partial charge in [-0.1, -0.05) is 29.8 Å². The molecular formula is C20H20ClN3O4. The highest BCUT2D eigenvalue weighted by Gasteiger charge is 2.28. The maximum absolute atomic E-state index is 12.9. The normalized spacial score (nSPS) is 13.9. The summed E-state index contributed by atoms with van der Waals surface area (Å²) in [4.78, 5) is 39.4. The van der Waals surface area contributed by atoms with E-state index in [2.05, 4.69) is 5.32 Å². The molecule has 1 aliphatic rings. The van der Waals surface area contributed by atoms with Gasteiger partial charge in [-0.05, 0) is 30.3 Å². The molecule has 8 heteroatoms. The molecule has 1 N–H and O–H groups in total. The molecule has 0 atom stereocenters. The molecule has 1 fully saturated rings. The number of rotatable bonds is 6. The molecule has 146 valence electrons. The van der Waals surface area contributed by atoms with Crippen molar-refractivity contribution in [3.63, 3.8) is 0 Å². The zero-order valence-electron chi connectivity index (χ0n) is 15.4. The number of urea groups is 1. The van der Waals surface area contributed by atoms with E-state index in [9.17, 15) is 14.4 Å². The first-order chi connectivity index (χ1) is 13.5. The molecule has 0 aliphatic carbocycles. The largest absolute Gasteiger partial charge is 0.492 e. The number of nitrogens with zero attached hydrogens (tertiary/aromatic N) is 2. The second kappa shape index (κ2) is 8.75. The summed E-state index contributed by atoms with van der Waals surface area (Å²) in [5.74, 6) is 0.0683. The summed E-state index contributed by atoms with van der Waals surface area (Å²) in [6.07, 6.45) is 0.192. The lowest BCUT2D eigenvalue weighted by Crippen LogP contribution is -2.50. The van der Waals surface area contributed by atoms with Crippen molar-refractivity contribution in [1.82, 2.24) is 10.2 Å². The molecule has 0 aromatic heterocycles. The fourth-order valence-corrected chi connectivity index (χ4v) is 3.03. The van der Waals surface area contributed by atoms with E-state index in [1.54, 1.807) is 55.6 Å². The van der Waals surface area contributed by atoms with Crippen LogP contribution in [0.3, 0.4) is 0 Å². The van der Waals surface area contributed by atoms with Crippen LogP contribution in [0.5, 0.6) is 5.75 Å². The van der Waals surface area contributed by atoms with Crippen molar-refractivity contribution in [3.05, 3.63) is 59.1 Å². The highest BCUT2D eigenvalue weighted by molar-refractivity contribution is 6.30. The van der Waals surface area contributed by atoms with Crippen LogP contribution in [0.15, 0.2) is 48.5 Å². The first-order valence-corrected chi connectivity index (χ1v) is 9.17. The van der Waals surface area contributed by atoms with Crippen molar-refractivity contribution in [2.45, 2.75) is 6.42 Å². The van der Waals surface area contributed by atoms with Gasteiger partial charge in [-0.15, -0.1) is 0 Å². The third-order valence-electron chi connectivity index (χ3n) is 4.32. The molecule has 0 unspecified atom stereocenters. The van der Waals surface area contributed by atoms with Crippen molar-refractivity contribution in [2.75, 3.05) is 31.6 Å². The number of anilines is 1. The number of nitrogens with one attached hydrogen (secondary N) is 1. The number of carbonyl (C=O) groups excluding carboxylic acids is 3. The van der Waals surface area contributed by atoms with Gasteiger partial charge in [0, 0.05) is 25.0 Å². The summed E-state index contributed by atoms with van der Waals surface area (Å²) >= 11 is 5.93. The maximum Gasteiger partial charge on any atom is 0.328 e. The van der Waals surface area contributed by atoms with Gasteiger partial charge < -0.3 is 9.64 Å². The number of ether oxygens (including phenoxy) is 1. The predicted molar refractivity (Wildman–Crippen MR) is 106 cm³/mol. The standard InChI is InChI=1S/C20H20ClN3O4/c1-23(11-12-28-15-6-4-5-14(21)13-15)19(26)16-7-2-3-8-17(16)24-10-9-18(25)22-20(24)27/h2-8,13H,9-12H2,1H3,(H,22,25,27). The Morgan fingerprint density at radius 3 is 2.75 bits per heavy atom. The molecule has 1 saturated heterocycles. The number of hydrogen-bond acceptors (Lipinski definition) is 4. The molecule has 2 aromatic carbocycles. The van der Waals surface area contributed by atoms with Gasteiger partial charge in [0.1, 0.15) is 12.4 Å². The predicted octanol–water partition coefficient (Wildman–Crippen LogP) is 2.94. The number of imide groups is 1. The van der Waals surface area contributed by atoms with E-state index in [0.717, 1.165) is 0 Å². The van der Waals surface area contributed by atoms with E-state index in [1.165, 1.54) is 9.80 Å². The Bertz CT molecular complexity index is 903. The molecule has 2 aromatic rings. The monoisotopic (exact) mass is 401 g/mol. The molecule has 4 amide bonds. The second-order valence-corrected chi connectivity index (χ2v) is 6.74. The lowest BCUT2D eigenvalue weighted by Gasteiger charge is -2.29. The Labute approximate surface area is 167 Å². The molecule has 28 heavy (non-hydrogen) atoms. The average molecular weight is 402 g/mol. The van der Waals surface area contributed by atoms with Crippen LogP contribution in [0.4, 0.5) is 10.5 Å². The third-order valence-corrected chi connectivity index (χ3v) is 4.55. The average Bonchev–Trinajstić information content (AvgIpc) is 2.67. The summed E-state index contributed by atoms with van der Waals surface area (Å²) in [6.45, 7) is 0.879. The van der Waals surface area contributed by atoms with Crippen LogP contribution >= 0.6 is 11.6 Å². The molecule has 0 saturated carbocycles. The van der Waals surface area contributed by atoms with Crippen LogP contribution in [0.2, 0.25) is 5.02 Å². The van der Waals surface area contributed by atoms with Gasteiger partial charge in [-0.2, -0.15) is 0 Å². The Kier molecular flexibility index (Phi) is 6.16. The molecule has 1 heterocycles. The van der Waals surface area contributed by atoms with Crippen LogP contribution in [-0.4, -0.2) is 49.5 Å². The molecule has 0 spiro atoms. The van der Waals surface area contributed by atoms with Crippen molar-refractivity contribution in [2.24, 2.45) is 0 Å². The zero-order chi connectivity index (χ0) is 20.1. The lowest BCUT2D eigenvalue weighted by atomic mass is 10.1. The van der Waals surface area contributed by atoms with Crippen LogP contribution in [0.25, 0.3) is 0 Å². The number of benzene rings is 2. The summed E-state index contributed by atoms with van der Waals surface area (Å²) in [6, 6.07) is 13.4. The van der Waals surface area contributed by atoms with Crippen molar-refractivity contribution in [1.29, 1.82) is 0 Å². The zero-order valence-corrected chi connectivity index (χ0v) is 16.1. The van der Waals surface area contributed by atoms with Crippen molar-refractivity contribution >= 4 is 35.1 Å². The van der Waals surface area contributed by atoms with Crippen LogP contribution in [0, 0.1) is 0 Å². The van der Waals surface area contributed by atoms with E-state index in [0.29, 0.717) is 35.2 Å². The number of para-hydroxylation sites is 1. The molecule has 0 radical (unpaired) electrons. The summed E-state index contributed by atoms with van der Waals surface area (Å²) < 4.78 is 5.63. The maximum atomic E-state index is 12.9. The minimum absolute atomic E-state index is 0.192. The summed E-state index contributed by atoms with van der Waals surface area (Å²) in [5, 5.41) is 2.85. The van der Waals surface area contributed by atoms with Crippen LogP contribution in [0.1, 0.15) is 16.8 Å². The van der Waals surface area contributed by atoms with E-state index >= 15 is 0 Å². The van der Waals surface area contributed by atoms with Gasteiger partial charge in [-0.25, -0.2) is 4.79 Å². The SMILES string of the molecule is CN(CCOc1cccc(Cl)c1)C(=O)c1ccccc1N1CCC(=O)NC1=O. The molecular weight excluding hydrogens is 382 g/mol. The number of halogens is 1. The number of carbonyl (C=O) groups is 3. The van der Waals surface area contributed by atoms with E-state index in [-0.39, 0.29) is 24.8 Å². The van der Waals surface area contributed by atoms with Gasteiger partial charge in [0.25, 0.3) is 5.91 Å². The smallest absolute Gasteiger partial charge is 0.328 e. The van der Waals surface area contributed by atoms with Gasteiger partial charge in [0.2, 0.25) is 5.91 Å². The number of likely N-dealkylation sites (N-methyl/N-ethyl adjacent to an activating group) is 1. The summed E-state index contributed by atoms with van der Waals surface area (Å²) in [5.41, 5.74) is 0.859. The van der Waals surface area contributed by atoms with E-state index < -0.39 is 6.03 Å². The van der Waals surface area contributed by atoms with Gasteiger partial charge in [-0.3, -0.25) is 19.8 Å². The van der Waals surface area contributed by atoms with Gasteiger partial charge in [0.05, 0.1) is 17.8 Å². The third kappa shape index (κ3) is 4.61. The van der Waals surface area contributed by atoms with E-state index in [1.807, 2.05) is 0 Å². The quantitative estimate of drug-likeness (QED) is 0.807. The Morgan fingerprint density at radius 1 is 1.21 bits per heavy atom. The fraction of sp³-hybridized carbons (Fsp3) is 0.250. The minimum atomic E-state index is -0.525. The van der Waals surface area contributed by atoms with Crippen molar-refractivity contribution < 1.29 is 19.1 Å². The molecule has 3 rings (SSSR count). The Morgan fingerprint density at radius 2 is 2.00 bits per heavy atom. The number of amides is 4. The number of hydrogen-bond donors (Lipinski definition) is 1. The van der Waals surface area contributed by atoms with Crippen LogP contribution in [-0.2, 0) is 4.79 Å². The second-order valence-electron chi connectivity index (χ2n) is 6.30. The Balaban J connectivity index is 1.66. The van der Waals surface area contributed by atoms with E-state index in [4.69, 9.17) is 16.3 Å². The lowest BCUT2D eigenvalue weighted by molar-refractivity contribution is -0.120. The Hall–Kier alpha value is -3.06. The molecule has 7 nitrogen and oxygen atoms in total. The fourth-order valence-electron chi connectivity index (χ4n) is 2.85. The van der Waals surface area contributed by atoms with Gasteiger partial charge >= 0.3 is 6.03 Å². The minimum Gasteiger partial charge on any atom is -0.492 e. The highest BCUT2D eigenvalue weighted by atomic mass is 35.5. The first-order valence-electron chi connectivity index (χ1n) is 8.80. The topological polar surface area (TPSA) is 79.0 Å². The van der Waals surface area contributed by atoms with Crippen molar-refractivity contribution in [3.8, 4) is 5.75 Å². The molecule has 0 bridgehead atoms. The summed E-state index contributed by atoms with van der Waals surface area (Å²) in [7, 11) is 1.67. The van der Waals surface area contributed by atoms with Crippen LogP contribution < -0.4 is 15.0 Å².